The molecule has 0 bridgehead atoms. The number of carbonyl (C=O) groups is 1. The van der Waals surface area contributed by atoms with Crippen molar-refractivity contribution in [1.29, 1.82) is 0 Å². The number of rotatable bonds is 2. The van der Waals surface area contributed by atoms with Gasteiger partial charge in [-0.05, 0) is 66.4 Å². The van der Waals surface area contributed by atoms with Crippen LogP contribution in [0.1, 0.15) is 22.8 Å². The first-order chi connectivity index (χ1) is 7.54. The Hall–Kier alpha value is -0.690. The molecule has 0 saturated carbocycles. The largest absolute Gasteiger partial charge is 0.363 e. The third kappa shape index (κ3) is 3.71. The number of hydrogen-bond acceptors (Lipinski definition) is 2. The average molecular weight is 348 g/mol. The second kappa shape index (κ2) is 6.15. The Labute approximate surface area is 114 Å². The molecule has 3 nitrogen and oxygen atoms in total. The van der Waals surface area contributed by atoms with Crippen molar-refractivity contribution in [2.24, 2.45) is 0 Å². The van der Waals surface area contributed by atoms with Gasteiger partial charge in [0, 0.05) is 15.7 Å². The van der Waals surface area contributed by atoms with Crippen molar-refractivity contribution in [1.82, 2.24) is 10.6 Å². The highest BCUT2D eigenvalue weighted by Crippen LogP contribution is 2.13. The van der Waals surface area contributed by atoms with E-state index in [1.807, 2.05) is 26.0 Å². The van der Waals surface area contributed by atoms with Crippen LogP contribution in [0.2, 0.25) is 0 Å². The molecule has 0 unspecified atom stereocenters. The summed E-state index contributed by atoms with van der Waals surface area (Å²) < 4.78 is 1.07. The molecule has 1 aromatic carbocycles. The summed E-state index contributed by atoms with van der Waals surface area (Å²) in [4.78, 5) is 11.8. The van der Waals surface area contributed by atoms with E-state index in [-0.39, 0.29) is 5.91 Å². The van der Waals surface area contributed by atoms with Gasteiger partial charge in [0.05, 0.1) is 0 Å². The van der Waals surface area contributed by atoms with Crippen LogP contribution in [0, 0.1) is 10.5 Å². The second-order valence-corrected chi connectivity index (χ2v) is 4.85. The van der Waals surface area contributed by atoms with Crippen LogP contribution >= 0.6 is 34.8 Å². The van der Waals surface area contributed by atoms with Gasteiger partial charge in [0.1, 0.15) is 0 Å². The predicted octanol–water partition coefficient (Wildman–Crippen LogP) is 2.22. The van der Waals surface area contributed by atoms with E-state index < -0.39 is 0 Å². The van der Waals surface area contributed by atoms with Crippen LogP contribution in [-0.2, 0) is 0 Å². The fourth-order valence-corrected chi connectivity index (χ4v) is 1.87. The number of nitrogens with one attached hydrogen (secondary N) is 2. The fraction of sp³-hybridized carbons (Fsp3) is 0.273. The van der Waals surface area contributed by atoms with Gasteiger partial charge in [-0.15, -0.1) is 0 Å². The zero-order chi connectivity index (χ0) is 12.1. The molecular formula is C11H13IN2OS. The normalized spacial score (nSPS) is 9.69. The highest BCUT2D eigenvalue weighted by atomic mass is 127. The lowest BCUT2D eigenvalue weighted by Gasteiger charge is -2.08. The lowest BCUT2D eigenvalue weighted by Crippen LogP contribution is -2.39. The van der Waals surface area contributed by atoms with Crippen LogP contribution in [0.25, 0.3) is 0 Å². The molecule has 1 aromatic rings. The molecule has 1 rings (SSSR count). The van der Waals surface area contributed by atoms with Gasteiger partial charge in [0.25, 0.3) is 5.91 Å². The standard InChI is InChI=1S/C11H13IN2OS/c1-3-13-11(16)14-10(15)8-5-4-7(2)9(12)6-8/h4-6H,3H2,1-2H3,(H2,13,14,15,16). The van der Waals surface area contributed by atoms with Crippen LogP contribution in [0.3, 0.4) is 0 Å². The SMILES string of the molecule is CCNC(=S)NC(=O)c1ccc(C)c(I)c1. The monoisotopic (exact) mass is 348 g/mol. The van der Waals surface area contributed by atoms with Gasteiger partial charge in [0.15, 0.2) is 5.11 Å². The third-order valence-corrected chi connectivity index (χ3v) is 3.41. The maximum atomic E-state index is 11.8. The molecule has 86 valence electrons. The molecule has 1 amide bonds. The first-order valence-corrected chi connectivity index (χ1v) is 6.38. The van der Waals surface area contributed by atoms with Crippen molar-refractivity contribution in [3.63, 3.8) is 0 Å². The summed E-state index contributed by atoms with van der Waals surface area (Å²) in [5.74, 6) is -0.177. The van der Waals surface area contributed by atoms with E-state index in [1.165, 1.54) is 0 Å². The first kappa shape index (κ1) is 13.4. The average Bonchev–Trinajstić information content (AvgIpc) is 2.22. The Kier molecular flexibility index (Phi) is 5.14. The zero-order valence-electron chi connectivity index (χ0n) is 9.13. The molecule has 2 N–H and O–H groups in total. The molecular weight excluding hydrogens is 335 g/mol. The molecule has 0 fully saturated rings. The lowest BCUT2D eigenvalue weighted by molar-refractivity contribution is 0.0976. The van der Waals surface area contributed by atoms with Gasteiger partial charge in [-0.25, -0.2) is 0 Å². The van der Waals surface area contributed by atoms with E-state index in [0.717, 1.165) is 9.13 Å². The molecule has 0 saturated heterocycles. The Morgan fingerprint density at radius 2 is 2.19 bits per heavy atom. The summed E-state index contributed by atoms with van der Waals surface area (Å²) in [5.41, 5.74) is 1.78. The maximum Gasteiger partial charge on any atom is 0.257 e. The molecule has 5 heteroatoms. The van der Waals surface area contributed by atoms with Gasteiger partial charge < -0.3 is 5.32 Å². The molecule has 0 aliphatic heterocycles. The van der Waals surface area contributed by atoms with Crippen molar-refractivity contribution in [3.8, 4) is 0 Å². The molecule has 16 heavy (non-hydrogen) atoms. The Bertz CT molecular complexity index is 420. The number of thiocarbonyl (C=S) groups is 1. The number of amides is 1. The van der Waals surface area contributed by atoms with E-state index in [1.54, 1.807) is 6.07 Å². The van der Waals surface area contributed by atoms with Crippen LogP contribution in [-0.4, -0.2) is 17.6 Å². The second-order valence-electron chi connectivity index (χ2n) is 3.28. The van der Waals surface area contributed by atoms with Crippen molar-refractivity contribution in [2.45, 2.75) is 13.8 Å². The first-order valence-electron chi connectivity index (χ1n) is 4.90. The highest BCUT2D eigenvalue weighted by Gasteiger charge is 2.08. The van der Waals surface area contributed by atoms with Gasteiger partial charge in [-0.3, -0.25) is 10.1 Å². The summed E-state index contributed by atoms with van der Waals surface area (Å²) in [7, 11) is 0. The Balaban J connectivity index is 2.73. The van der Waals surface area contributed by atoms with Crippen molar-refractivity contribution >= 4 is 45.8 Å². The van der Waals surface area contributed by atoms with E-state index in [2.05, 4.69) is 33.2 Å². The Morgan fingerprint density at radius 1 is 1.50 bits per heavy atom. The summed E-state index contributed by atoms with van der Waals surface area (Å²) in [5, 5.41) is 5.86. The van der Waals surface area contributed by atoms with Crippen LogP contribution < -0.4 is 10.6 Å². The van der Waals surface area contributed by atoms with Crippen molar-refractivity contribution < 1.29 is 4.79 Å². The minimum atomic E-state index is -0.177. The summed E-state index contributed by atoms with van der Waals surface area (Å²) in [6.45, 7) is 4.63. The fourth-order valence-electron chi connectivity index (χ4n) is 1.11. The molecule has 0 spiro atoms. The summed E-state index contributed by atoms with van der Waals surface area (Å²) in [6, 6.07) is 5.56. The summed E-state index contributed by atoms with van der Waals surface area (Å²) in [6.07, 6.45) is 0. The van der Waals surface area contributed by atoms with E-state index >= 15 is 0 Å². The number of benzene rings is 1. The number of hydrogen-bond donors (Lipinski definition) is 2. The number of carbonyl (C=O) groups excluding carboxylic acids is 1. The molecule has 0 aliphatic carbocycles. The molecule has 0 aliphatic rings. The van der Waals surface area contributed by atoms with Crippen molar-refractivity contribution in [2.75, 3.05) is 6.54 Å². The zero-order valence-corrected chi connectivity index (χ0v) is 12.1. The topological polar surface area (TPSA) is 41.1 Å². The van der Waals surface area contributed by atoms with Gasteiger partial charge in [-0.2, -0.15) is 0 Å². The van der Waals surface area contributed by atoms with E-state index in [4.69, 9.17) is 12.2 Å². The van der Waals surface area contributed by atoms with Crippen LogP contribution in [0.4, 0.5) is 0 Å². The Morgan fingerprint density at radius 3 is 2.75 bits per heavy atom. The molecule has 0 atom stereocenters. The molecule has 0 heterocycles. The summed E-state index contributed by atoms with van der Waals surface area (Å²) >= 11 is 7.15. The number of halogens is 1. The highest BCUT2D eigenvalue weighted by molar-refractivity contribution is 14.1. The lowest BCUT2D eigenvalue weighted by atomic mass is 10.1. The van der Waals surface area contributed by atoms with E-state index in [0.29, 0.717) is 17.2 Å². The van der Waals surface area contributed by atoms with Crippen molar-refractivity contribution in [3.05, 3.63) is 32.9 Å². The smallest absolute Gasteiger partial charge is 0.257 e. The van der Waals surface area contributed by atoms with Gasteiger partial charge >= 0.3 is 0 Å². The van der Waals surface area contributed by atoms with E-state index in [9.17, 15) is 4.79 Å². The minimum Gasteiger partial charge on any atom is -0.363 e. The maximum absolute atomic E-state index is 11.8. The quantitative estimate of drug-likeness (QED) is 0.636. The molecule has 0 radical (unpaired) electrons. The minimum absolute atomic E-state index is 0.177. The number of aryl methyl sites for hydroxylation is 1. The van der Waals surface area contributed by atoms with Gasteiger partial charge in [-0.1, -0.05) is 6.07 Å². The van der Waals surface area contributed by atoms with Crippen LogP contribution in [0.5, 0.6) is 0 Å². The van der Waals surface area contributed by atoms with Crippen LogP contribution in [0.15, 0.2) is 18.2 Å². The predicted molar refractivity (Wildman–Crippen MR) is 77.6 cm³/mol. The molecule has 0 aromatic heterocycles. The third-order valence-electron chi connectivity index (χ3n) is 2.00. The van der Waals surface area contributed by atoms with Gasteiger partial charge in [0.2, 0.25) is 0 Å².